The van der Waals surface area contributed by atoms with Crippen molar-refractivity contribution in [2.45, 2.75) is 13.3 Å². The number of nitrogens with two attached hydrogens (primary N) is 1. The van der Waals surface area contributed by atoms with Gasteiger partial charge in [0.15, 0.2) is 5.76 Å². The molecule has 0 unspecified atom stereocenters. The molecule has 5 rings (SSSR count). The number of hydrogen-bond acceptors (Lipinski definition) is 4. The molecule has 0 aliphatic carbocycles. The second-order valence-electron chi connectivity index (χ2n) is 8.06. The van der Waals surface area contributed by atoms with Gasteiger partial charge in [0.05, 0.1) is 7.11 Å². The highest BCUT2D eigenvalue weighted by Gasteiger charge is 2.23. The number of methoxy groups -OCH3 is 1. The highest BCUT2D eigenvalue weighted by atomic mass is 32.1. The summed E-state index contributed by atoms with van der Waals surface area (Å²) < 4.78 is 25.9. The Balaban J connectivity index is 1.61. The molecule has 0 atom stereocenters. The van der Waals surface area contributed by atoms with Crippen LogP contribution in [0.1, 0.15) is 26.6 Å². The van der Waals surface area contributed by atoms with Gasteiger partial charge in [0, 0.05) is 32.7 Å². The molecule has 34 heavy (non-hydrogen) atoms. The van der Waals surface area contributed by atoms with Crippen molar-refractivity contribution in [2.75, 3.05) is 7.11 Å². The van der Waals surface area contributed by atoms with E-state index in [2.05, 4.69) is 12.1 Å². The third kappa shape index (κ3) is 3.86. The molecule has 0 saturated carbocycles. The summed E-state index contributed by atoms with van der Waals surface area (Å²) >= 11 is 1.63. The molecule has 2 heterocycles. The second kappa shape index (κ2) is 8.80. The molecule has 170 valence electrons. The minimum absolute atomic E-state index is 0.106. The number of halogens is 1. The molecule has 0 aliphatic rings. The summed E-state index contributed by atoms with van der Waals surface area (Å²) in [5.41, 5.74) is 10.1. The van der Waals surface area contributed by atoms with Crippen LogP contribution in [0.25, 0.3) is 32.5 Å². The number of thiophene rings is 1. The van der Waals surface area contributed by atoms with E-state index in [1.807, 2.05) is 31.2 Å². The quantitative estimate of drug-likeness (QED) is 0.291. The standard InChI is InChI=1S/C28H22FNO3S/c1-16-14-17(10-12-23(16)32-2)25-13-11-18(34-25)15-21-26-20(19-6-3-4-8-22(19)29)7-5-9-24(26)33-27(21)28(30)31/h3-14H,15H2,1-2H3,(H2,30,31). The number of rotatable bonds is 6. The van der Waals surface area contributed by atoms with Crippen LogP contribution in [0.2, 0.25) is 0 Å². The summed E-state index contributed by atoms with van der Waals surface area (Å²) in [5.74, 6) is -0.0319. The van der Waals surface area contributed by atoms with Gasteiger partial charge in [0.2, 0.25) is 0 Å². The summed E-state index contributed by atoms with van der Waals surface area (Å²) in [7, 11) is 1.66. The number of furan rings is 1. The molecular weight excluding hydrogens is 449 g/mol. The van der Waals surface area contributed by atoms with Crippen LogP contribution in [-0.4, -0.2) is 13.0 Å². The van der Waals surface area contributed by atoms with Crippen molar-refractivity contribution in [1.29, 1.82) is 0 Å². The summed E-state index contributed by atoms with van der Waals surface area (Å²) in [6.07, 6.45) is 0.441. The van der Waals surface area contributed by atoms with Crippen LogP contribution in [0.4, 0.5) is 4.39 Å². The van der Waals surface area contributed by atoms with E-state index in [9.17, 15) is 9.18 Å². The molecule has 0 bridgehead atoms. The topological polar surface area (TPSA) is 65.5 Å². The fraction of sp³-hybridized carbons (Fsp3) is 0.107. The van der Waals surface area contributed by atoms with Gasteiger partial charge < -0.3 is 14.9 Å². The lowest BCUT2D eigenvalue weighted by Gasteiger charge is -2.07. The fourth-order valence-electron chi connectivity index (χ4n) is 4.32. The van der Waals surface area contributed by atoms with Crippen LogP contribution in [0, 0.1) is 12.7 Å². The van der Waals surface area contributed by atoms with Gasteiger partial charge in [-0.3, -0.25) is 4.79 Å². The van der Waals surface area contributed by atoms with Crippen LogP contribution in [0.15, 0.2) is 77.2 Å². The van der Waals surface area contributed by atoms with Crippen LogP contribution < -0.4 is 10.5 Å². The lowest BCUT2D eigenvalue weighted by atomic mass is 9.96. The smallest absolute Gasteiger partial charge is 0.284 e. The van der Waals surface area contributed by atoms with Gasteiger partial charge >= 0.3 is 0 Å². The van der Waals surface area contributed by atoms with E-state index in [1.165, 1.54) is 6.07 Å². The number of hydrogen-bond donors (Lipinski definition) is 1. The summed E-state index contributed by atoms with van der Waals surface area (Å²) in [4.78, 5) is 14.4. The lowest BCUT2D eigenvalue weighted by molar-refractivity contribution is 0.0975. The number of aryl methyl sites for hydroxylation is 1. The number of benzene rings is 3. The summed E-state index contributed by atoms with van der Waals surface area (Å²) in [6, 6.07) is 22.2. The van der Waals surface area contributed by atoms with Crippen LogP contribution in [0.3, 0.4) is 0 Å². The Morgan fingerprint density at radius 1 is 1.03 bits per heavy atom. The molecule has 0 aliphatic heterocycles. The Bertz CT molecular complexity index is 1530. The maximum atomic E-state index is 14.7. The summed E-state index contributed by atoms with van der Waals surface area (Å²) in [6.45, 7) is 2.01. The molecule has 5 aromatic rings. The van der Waals surface area contributed by atoms with Gasteiger partial charge in [-0.2, -0.15) is 0 Å². The van der Waals surface area contributed by atoms with E-state index in [-0.39, 0.29) is 11.6 Å². The first-order valence-electron chi connectivity index (χ1n) is 10.8. The van der Waals surface area contributed by atoms with E-state index >= 15 is 0 Å². The van der Waals surface area contributed by atoms with Crippen molar-refractivity contribution in [3.63, 3.8) is 0 Å². The van der Waals surface area contributed by atoms with Crippen LogP contribution in [-0.2, 0) is 6.42 Å². The maximum absolute atomic E-state index is 14.7. The molecule has 0 saturated heterocycles. The molecule has 2 aromatic heterocycles. The normalized spacial score (nSPS) is 11.1. The van der Waals surface area contributed by atoms with Crippen molar-refractivity contribution < 1.29 is 18.3 Å². The zero-order chi connectivity index (χ0) is 23.8. The van der Waals surface area contributed by atoms with Crippen molar-refractivity contribution in [2.24, 2.45) is 5.73 Å². The maximum Gasteiger partial charge on any atom is 0.284 e. The minimum Gasteiger partial charge on any atom is -0.496 e. The van der Waals surface area contributed by atoms with E-state index in [0.29, 0.717) is 34.1 Å². The Labute approximate surface area is 200 Å². The Morgan fingerprint density at radius 3 is 2.56 bits per heavy atom. The van der Waals surface area contributed by atoms with E-state index in [4.69, 9.17) is 14.9 Å². The van der Waals surface area contributed by atoms with Gasteiger partial charge in [-0.25, -0.2) is 4.39 Å². The predicted octanol–water partition coefficient (Wildman–Crippen LogP) is 6.97. The highest BCUT2D eigenvalue weighted by molar-refractivity contribution is 7.15. The van der Waals surface area contributed by atoms with Gasteiger partial charge in [0.1, 0.15) is 17.1 Å². The zero-order valence-electron chi connectivity index (χ0n) is 18.7. The van der Waals surface area contributed by atoms with Gasteiger partial charge in [-0.05, 0) is 66.1 Å². The molecule has 3 aromatic carbocycles. The molecule has 6 heteroatoms. The molecule has 0 fully saturated rings. The first-order valence-corrected chi connectivity index (χ1v) is 11.6. The Kier molecular flexibility index (Phi) is 5.67. The van der Waals surface area contributed by atoms with Crippen molar-refractivity contribution in [3.8, 4) is 27.3 Å². The zero-order valence-corrected chi connectivity index (χ0v) is 19.5. The molecule has 1 amide bonds. The minimum atomic E-state index is -0.645. The Morgan fingerprint density at radius 2 is 1.82 bits per heavy atom. The number of carbonyl (C=O) groups excluding carboxylic acids is 1. The second-order valence-corrected chi connectivity index (χ2v) is 9.23. The monoisotopic (exact) mass is 471 g/mol. The van der Waals surface area contributed by atoms with Gasteiger partial charge in [-0.1, -0.05) is 30.3 Å². The average Bonchev–Trinajstić information content (AvgIpc) is 3.45. The number of primary amides is 1. The number of carbonyl (C=O) groups is 1. The third-order valence-electron chi connectivity index (χ3n) is 5.89. The largest absolute Gasteiger partial charge is 0.496 e. The predicted molar refractivity (Wildman–Crippen MR) is 134 cm³/mol. The molecular formula is C28H22FNO3S. The average molecular weight is 472 g/mol. The molecule has 0 spiro atoms. The van der Waals surface area contributed by atoms with Gasteiger partial charge in [-0.15, -0.1) is 11.3 Å². The Hall–Kier alpha value is -3.90. The SMILES string of the molecule is COc1ccc(-c2ccc(Cc3c(C(N)=O)oc4cccc(-c5ccccc5F)c34)s2)cc1C. The molecule has 4 nitrogen and oxygen atoms in total. The van der Waals surface area contributed by atoms with E-state index < -0.39 is 5.91 Å². The first kappa shape index (κ1) is 21.9. The van der Waals surface area contributed by atoms with Crippen molar-refractivity contribution in [1.82, 2.24) is 0 Å². The van der Waals surface area contributed by atoms with E-state index in [1.54, 1.807) is 48.8 Å². The lowest BCUT2D eigenvalue weighted by Crippen LogP contribution is -2.12. The number of fused-ring (bicyclic) bond motifs is 1. The number of amides is 1. The molecule has 2 N–H and O–H groups in total. The van der Waals surface area contributed by atoms with Gasteiger partial charge in [0.25, 0.3) is 5.91 Å². The van der Waals surface area contributed by atoms with E-state index in [0.717, 1.165) is 26.6 Å². The number of ether oxygens (including phenoxy) is 1. The van der Waals surface area contributed by atoms with Crippen LogP contribution in [0.5, 0.6) is 5.75 Å². The first-order chi connectivity index (χ1) is 16.5. The third-order valence-corrected chi connectivity index (χ3v) is 7.03. The van der Waals surface area contributed by atoms with Crippen molar-refractivity contribution in [3.05, 3.63) is 100 Å². The fourth-order valence-corrected chi connectivity index (χ4v) is 5.33. The van der Waals surface area contributed by atoms with Crippen molar-refractivity contribution >= 4 is 28.2 Å². The van der Waals surface area contributed by atoms with Crippen LogP contribution >= 0.6 is 11.3 Å². The summed E-state index contributed by atoms with van der Waals surface area (Å²) in [5, 5.41) is 0.705. The molecule has 0 radical (unpaired) electrons. The highest BCUT2D eigenvalue weighted by Crippen LogP contribution is 2.39.